The molecular weight excluding hydrogens is 369 g/mol. The van der Waals surface area contributed by atoms with E-state index in [1.54, 1.807) is 13.8 Å². The van der Waals surface area contributed by atoms with E-state index in [0.29, 0.717) is 5.56 Å². The van der Waals surface area contributed by atoms with E-state index in [4.69, 9.17) is 10.5 Å². The monoisotopic (exact) mass is 395 g/mol. The summed E-state index contributed by atoms with van der Waals surface area (Å²) in [4.78, 5) is 47.6. The standard InChI is InChI=1S/C19H26FN3O5/c1-4-28-19(27)11(2)9-15(17(21)25)23-18(26)16(22-12(3)24)10-13-5-7-14(20)8-6-13/h5-8,11,15-16H,4,9-10H2,1-3H3,(H2,21,25)(H,22,24)(H,23,26)/t11-,15-,16+/m1/s1. The number of carbonyl (C=O) groups excluding carboxylic acids is 4. The van der Waals surface area contributed by atoms with Gasteiger partial charge in [-0.05, 0) is 31.0 Å². The fourth-order valence-corrected chi connectivity index (χ4v) is 2.56. The summed E-state index contributed by atoms with van der Waals surface area (Å²) in [6, 6.07) is 3.35. The van der Waals surface area contributed by atoms with Gasteiger partial charge in [0.25, 0.3) is 0 Å². The van der Waals surface area contributed by atoms with Crippen LogP contribution >= 0.6 is 0 Å². The van der Waals surface area contributed by atoms with Crippen LogP contribution in [0, 0.1) is 11.7 Å². The van der Waals surface area contributed by atoms with Crippen molar-refractivity contribution in [1.82, 2.24) is 10.6 Å². The predicted octanol–water partition coefficient (Wildman–Crippen LogP) is 0.432. The quantitative estimate of drug-likeness (QED) is 0.495. The molecule has 4 N–H and O–H groups in total. The molecule has 0 unspecified atom stereocenters. The van der Waals surface area contributed by atoms with Gasteiger partial charge in [-0.1, -0.05) is 19.1 Å². The minimum Gasteiger partial charge on any atom is -0.466 e. The number of benzene rings is 1. The third-order valence-corrected chi connectivity index (χ3v) is 3.99. The third kappa shape index (κ3) is 7.73. The van der Waals surface area contributed by atoms with Crippen molar-refractivity contribution in [3.05, 3.63) is 35.6 Å². The average molecular weight is 395 g/mol. The Kier molecular flexibility index (Phi) is 9.07. The maximum Gasteiger partial charge on any atom is 0.308 e. The van der Waals surface area contributed by atoms with Crippen molar-refractivity contribution in [3.63, 3.8) is 0 Å². The smallest absolute Gasteiger partial charge is 0.308 e. The molecule has 3 amide bonds. The van der Waals surface area contributed by atoms with Crippen LogP contribution in [0.15, 0.2) is 24.3 Å². The second-order valence-electron chi connectivity index (χ2n) is 6.44. The van der Waals surface area contributed by atoms with Crippen LogP contribution in [-0.4, -0.2) is 42.4 Å². The summed E-state index contributed by atoms with van der Waals surface area (Å²) in [6.45, 7) is 4.66. The molecule has 9 heteroatoms. The van der Waals surface area contributed by atoms with E-state index >= 15 is 0 Å². The van der Waals surface area contributed by atoms with E-state index in [-0.39, 0.29) is 19.4 Å². The highest BCUT2D eigenvalue weighted by Gasteiger charge is 2.28. The lowest BCUT2D eigenvalue weighted by Crippen LogP contribution is -2.54. The van der Waals surface area contributed by atoms with Crippen molar-refractivity contribution in [3.8, 4) is 0 Å². The summed E-state index contributed by atoms with van der Waals surface area (Å²) in [5, 5.41) is 4.97. The van der Waals surface area contributed by atoms with Gasteiger partial charge in [-0.3, -0.25) is 19.2 Å². The zero-order chi connectivity index (χ0) is 21.3. The Labute approximate surface area is 163 Å². The van der Waals surface area contributed by atoms with E-state index in [2.05, 4.69) is 10.6 Å². The number of carbonyl (C=O) groups is 4. The number of amides is 3. The molecule has 0 aromatic heterocycles. The second kappa shape index (κ2) is 11.0. The first-order chi connectivity index (χ1) is 13.1. The molecule has 8 nitrogen and oxygen atoms in total. The van der Waals surface area contributed by atoms with Gasteiger partial charge < -0.3 is 21.1 Å². The first kappa shape index (κ1) is 23.1. The maximum atomic E-state index is 13.1. The maximum absolute atomic E-state index is 13.1. The highest BCUT2D eigenvalue weighted by Crippen LogP contribution is 2.10. The van der Waals surface area contributed by atoms with Crippen LogP contribution in [0.2, 0.25) is 0 Å². The number of hydrogen-bond donors (Lipinski definition) is 3. The molecule has 1 aromatic carbocycles. The van der Waals surface area contributed by atoms with Gasteiger partial charge in [0.05, 0.1) is 12.5 Å². The minimum absolute atomic E-state index is 0.0384. The van der Waals surface area contributed by atoms with Crippen LogP contribution in [0.1, 0.15) is 32.8 Å². The number of primary amides is 1. The first-order valence-corrected chi connectivity index (χ1v) is 8.91. The Hall–Kier alpha value is -2.97. The lowest BCUT2D eigenvalue weighted by Gasteiger charge is -2.23. The van der Waals surface area contributed by atoms with Crippen LogP contribution < -0.4 is 16.4 Å². The van der Waals surface area contributed by atoms with Gasteiger partial charge in [-0.15, -0.1) is 0 Å². The van der Waals surface area contributed by atoms with E-state index in [0.717, 1.165) is 0 Å². The molecule has 0 aliphatic carbocycles. The number of rotatable bonds is 10. The van der Waals surface area contributed by atoms with E-state index in [9.17, 15) is 23.6 Å². The summed E-state index contributed by atoms with van der Waals surface area (Å²) in [5.41, 5.74) is 5.96. The number of halogens is 1. The molecule has 0 radical (unpaired) electrons. The summed E-state index contributed by atoms with van der Waals surface area (Å²) in [6.07, 6.45) is 0.0495. The van der Waals surface area contributed by atoms with E-state index in [1.807, 2.05) is 0 Å². The fraction of sp³-hybridized carbons (Fsp3) is 0.474. The summed E-state index contributed by atoms with van der Waals surface area (Å²) in [5.74, 6) is -3.49. The molecule has 0 saturated carbocycles. The summed E-state index contributed by atoms with van der Waals surface area (Å²) < 4.78 is 17.9. The van der Waals surface area contributed by atoms with Crippen LogP contribution in [-0.2, 0) is 30.3 Å². The van der Waals surface area contributed by atoms with Crippen LogP contribution in [0.25, 0.3) is 0 Å². The number of nitrogens with one attached hydrogen (secondary N) is 2. The van der Waals surface area contributed by atoms with Gasteiger partial charge in [0.2, 0.25) is 17.7 Å². The fourth-order valence-electron chi connectivity index (χ4n) is 2.56. The molecule has 154 valence electrons. The average Bonchev–Trinajstić information content (AvgIpc) is 2.61. The number of ether oxygens (including phenoxy) is 1. The Morgan fingerprint density at radius 1 is 1.11 bits per heavy atom. The van der Waals surface area contributed by atoms with Crippen molar-refractivity contribution >= 4 is 23.7 Å². The van der Waals surface area contributed by atoms with Crippen molar-refractivity contribution in [2.24, 2.45) is 11.7 Å². The van der Waals surface area contributed by atoms with Crippen molar-refractivity contribution in [2.75, 3.05) is 6.61 Å². The lowest BCUT2D eigenvalue weighted by molar-refractivity contribution is -0.148. The molecule has 0 saturated heterocycles. The molecule has 0 fully saturated rings. The molecular formula is C19H26FN3O5. The number of esters is 1. The molecule has 0 spiro atoms. The van der Waals surface area contributed by atoms with Gasteiger partial charge >= 0.3 is 5.97 Å². The largest absolute Gasteiger partial charge is 0.466 e. The Morgan fingerprint density at radius 2 is 1.71 bits per heavy atom. The minimum atomic E-state index is -1.11. The van der Waals surface area contributed by atoms with Gasteiger partial charge in [0.15, 0.2) is 0 Å². The molecule has 0 heterocycles. The highest BCUT2D eigenvalue weighted by molar-refractivity contribution is 5.91. The zero-order valence-corrected chi connectivity index (χ0v) is 16.2. The van der Waals surface area contributed by atoms with E-state index < -0.39 is 47.5 Å². The number of nitrogens with two attached hydrogens (primary N) is 1. The van der Waals surface area contributed by atoms with Crippen LogP contribution in [0.5, 0.6) is 0 Å². The molecule has 1 aromatic rings. The molecule has 28 heavy (non-hydrogen) atoms. The Bertz CT molecular complexity index is 708. The molecule has 1 rings (SSSR count). The molecule has 0 aliphatic heterocycles. The molecule has 0 bridgehead atoms. The van der Waals surface area contributed by atoms with Crippen molar-refractivity contribution in [2.45, 2.75) is 45.7 Å². The summed E-state index contributed by atoms with van der Waals surface area (Å²) in [7, 11) is 0. The Morgan fingerprint density at radius 3 is 2.21 bits per heavy atom. The lowest BCUT2D eigenvalue weighted by atomic mass is 10.00. The van der Waals surface area contributed by atoms with Crippen molar-refractivity contribution < 1.29 is 28.3 Å². The topological polar surface area (TPSA) is 128 Å². The molecule has 3 atom stereocenters. The van der Waals surface area contributed by atoms with Crippen molar-refractivity contribution in [1.29, 1.82) is 0 Å². The SMILES string of the molecule is CCOC(=O)[C@H](C)C[C@@H](NC(=O)[C@H](Cc1ccc(F)cc1)NC(C)=O)C(N)=O. The normalized spacial score (nSPS) is 13.7. The zero-order valence-electron chi connectivity index (χ0n) is 16.2. The highest BCUT2D eigenvalue weighted by atomic mass is 19.1. The van der Waals surface area contributed by atoms with Crippen LogP contribution in [0.4, 0.5) is 4.39 Å². The first-order valence-electron chi connectivity index (χ1n) is 8.91. The number of hydrogen-bond acceptors (Lipinski definition) is 5. The van der Waals surface area contributed by atoms with Gasteiger partial charge in [-0.25, -0.2) is 4.39 Å². The van der Waals surface area contributed by atoms with Crippen LogP contribution in [0.3, 0.4) is 0 Å². The van der Waals surface area contributed by atoms with E-state index in [1.165, 1.54) is 31.2 Å². The predicted molar refractivity (Wildman–Crippen MR) is 99.2 cm³/mol. The third-order valence-electron chi connectivity index (χ3n) is 3.99. The summed E-state index contributed by atoms with van der Waals surface area (Å²) >= 11 is 0. The Balaban J connectivity index is 2.86. The second-order valence-corrected chi connectivity index (χ2v) is 6.44. The molecule has 0 aliphatic rings. The van der Waals surface area contributed by atoms with Gasteiger partial charge in [0.1, 0.15) is 17.9 Å². The van der Waals surface area contributed by atoms with Gasteiger partial charge in [-0.2, -0.15) is 0 Å². The van der Waals surface area contributed by atoms with Gasteiger partial charge in [0, 0.05) is 13.3 Å².